The molecular formula is C12H12BrFN6O5S3. The van der Waals surface area contributed by atoms with Crippen molar-refractivity contribution in [2.45, 2.75) is 5.03 Å². The summed E-state index contributed by atoms with van der Waals surface area (Å²) < 4.78 is 47.7. The van der Waals surface area contributed by atoms with Gasteiger partial charge in [0.25, 0.3) is 0 Å². The zero-order chi connectivity index (χ0) is 20.7. The summed E-state index contributed by atoms with van der Waals surface area (Å²) in [4.78, 5) is 10.4. The van der Waals surface area contributed by atoms with Crippen molar-refractivity contribution in [3.05, 3.63) is 34.2 Å². The average Bonchev–Trinajstić information content (AvgIpc) is 3.07. The van der Waals surface area contributed by atoms with Crippen LogP contribution in [0.25, 0.3) is 0 Å². The molecule has 2 rings (SSSR count). The smallest absolute Gasteiger partial charge is 0.419 e. The van der Waals surface area contributed by atoms with Crippen molar-refractivity contribution in [2.24, 2.45) is 5.16 Å². The van der Waals surface area contributed by atoms with Gasteiger partial charge in [-0.1, -0.05) is 5.16 Å². The molecule has 1 amide bonds. The van der Waals surface area contributed by atoms with Crippen molar-refractivity contribution in [3.63, 3.8) is 0 Å². The highest BCUT2D eigenvalue weighted by atomic mass is 79.9. The fourth-order valence-corrected chi connectivity index (χ4v) is 4.42. The lowest BCUT2D eigenvalue weighted by Crippen LogP contribution is -2.40. The molecule has 0 saturated carbocycles. The van der Waals surface area contributed by atoms with Gasteiger partial charge in [0.1, 0.15) is 10.8 Å². The molecule has 28 heavy (non-hydrogen) atoms. The fourth-order valence-electron chi connectivity index (χ4n) is 1.74. The number of nitrogens with one attached hydrogen (secondary N) is 3. The maximum atomic E-state index is 13.3. The van der Waals surface area contributed by atoms with Crippen LogP contribution in [0.5, 0.6) is 0 Å². The number of rotatable bonds is 8. The quantitative estimate of drug-likeness (QED) is 0.0881. The molecular weight excluding hydrogens is 503 g/mol. The van der Waals surface area contributed by atoms with E-state index in [0.717, 1.165) is 23.5 Å². The van der Waals surface area contributed by atoms with Gasteiger partial charge in [-0.3, -0.25) is 0 Å². The van der Waals surface area contributed by atoms with E-state index in [1.54, 1.807) is 0 Å². The number of anilines is 1. The van der Waals surface area contributed by atoms with Crippen LogP contribution in [0, 0.1) is 5.82 Å². The van der Waals surface area contributed by atoms with Crippen LogP contribution in [0.1, 0.15) is 5.69 Å². The zero-order valence-corrected chi connectivity index (χ0v) is 17.6. The molecule has 0 saturated heterocycles. The summed E-state index contributed by atoms with van der Waals surface area (Å²) in [5.41, 5.74) is 0.641. The van der Waals surface area contributed by atoms with Crippen molar-refractivity contribution in [2.75, 3.05) is 17.6 Å². The number of halogens is 2. The molecule has 0 aliphatic rings. The summed E-state index contributed by atoms with van der Waals surface area (Å²) >= 11 is 5.00. The topological polar surface area (TPSA) is 166 Å². The first kappa shape index (κ1) is 22.3. The summed E-state index contributed by atoms with van der Waals surface area (Å²) in [7, 11) is -4.16. The zero-order valence-electron chi connectivity index (χ0n) is 13.6. The molecule has 5 N–H and O–H groups in total. The first-order valence-corrected chi connectivity index (χ1v) is 11.1. The molecule has 2 aromatic rings. The Kier molecular flexibility index (Phi) is 7.93. The number of carboxylic acid groups (broad SMARTS) is 1. The summed E-state index contributed by atoms with van der Waals surface area (Å²) in [5, 5.41) is 24.0. The number of aromatic nitrogens is 2. The van der Waals surface area contributed by atoms with E-state index in [0.29, 0.717) is 10.7 Å². The third-order valence-corrected chi connectivity index (χ3v) is 6.07. The van der Waals surface area contributed by atoms with E-state index < -0.39 is 22.1 Å². The van der Waals surface area contributed by atoms with Crippen molar-refractivity contribution >= 4 is 67.2 Å². The van der Waals surface area contributed by atoms with Crippen LogP contribution in [-0.4, -0.2) is 51.7 Å². The number of carbonyl (C=O) groups is 1. The Morgan fingerprint density at radius 1 is 1.39 bits per heavy atom. The second kappa shape index (κ2) is 9.97. The van der Waals surface area contributed by atoms with Gasteiger partial charge in [0.05, 0.1) is 16.2 Å². The fraction of sp³-hybridized carbons (Fsp3) is 0.167. The Bertz CT molecular complexity index is 986. The molecule has 0 spiro atoms. The number of amides is 1. The standard InChI is InChI=1S/C12H12BrFN6O5S3/c13-7-5-6(1-2-8(7)14)16-10(17-23)9-11(19-27-18-9)26-4-3-15-28(24,25)20-12(21)22/h1-2,5,15,20,23H,3-4H2,(H,16,17)(H,21,22). The van der Waals surface area contributed by atoms with E-state index >= 15 is 0 Å². The Balaban J connectivity index is 1.99. The van der Waals surface area contributed by atoms with Crippen molar-refractivity contribution in [3.8, 4) is 0 Å². The van der Waals surface area contributed by atoms with E-state index in [2.05, 4.69) is 35.1 Å². The van der Waals surface area contributed by atoms with E-state index in [4.69, 9.17) is 5.11 Å². The number of amidine groups is 1. The summed E-state index contributed by atoms with van der Waals surface area (Å²) in [6, 6.07) is 4.09. The Hall–Kier alpha value is -2.01. The molecule has 152 valence electrons. The highest BCUT2D eigenvalue weighted by molar-refractivity contribution is 9.10. The van der Waals surface area contributed by atoms with Crippen LogP contribution < -0.4 is 14.8 Å². The van der Waals surface area contributed by atoms with Crippen LogP contribution in [-0.2, 0) is 10.2 Å². The molecule has 0 aliphatic heterocycles. The molecule has 1 heterocycles. The molecule has 0 unspecified atom stereocenters. The number of nitrogens with zero attached hydrogens (tertiary/aromatic N) is 3. The van der Waals surface area contributed by atoms with Gasteiger partial charge in [-0.25, -0.2) is 13.9 Å². The van der Waals surface area contributed by atoms with Crippen LogP contribution in [0.3, 0.4) is 0 Å². The van der Waals surface area contributed by atoms with E-state index in [-0.39, 0.29) is 28.3 Å². The summed E-state index contributed by atoms with van der Waals surface area (Å²) in [6.07, 6.45) is -1.70. The van der Waals surface area contributed by atoms with Gasteiger partial charge < -0.3 is 15.6 Å². The van der Waals surface area contributed by atoms with Crippen molar-refractivity contribution in [1.29, 1.82) is 0 Å². The molecule has 0 radical (unpaired) electrons. The molecule has 1 aromatic heterocycles. The molecule has 1 aromatic carbocycles. The third kappa shape index (κ3) is 6.55. The third-order valence-electron chi connectivity index (χ3n) is 2.82. The maximum absolute atomic E-state index is 13.3. The van der Waals surface area contributed by atoms with E-state index in [1.807, 2.05) is 4.72 Å². The second-order valence-corrected chi connectivity index (χ2v) is 8.74. The van der Waals surface area contributed by atoms with E-state index in [1.165, 1.54) is 22.9 Å². The minimum Gasteiger partial charge on any atom is -0.464 e. The first-order chi connectivity index (χ1) is 13.2. The lowest BCUT2D eigenvalue weighted by Gasteiger charge is -2.08. The second-order valence-electron chi connectivity index (χ2n) is 4.77. The number of hydrogen-bond acceptors (Lipinski definition) is 9. The number of hydrogen-bond donors (Lipinski definition) is 5. The first-order valence-electron chi connectivity index (χ1n) is 7.12. The highest BCUT2D eigenvalue weighted by Gasteiger charge is 2.18. The van der Waals surface area contributed by atoms with Crippen LogP contribution in [0.4, 0.5) is 14.9 Å². The predicted octanol–water partition coefficient (Wildman–Crippen LogP) is 1.88. The number of oxime groups is 1. The van der Waals surface area contributed by atoms with Crippen molar-refractivity contribution < 1.29 is 27.9 Å². The molecule has 0 bridgehead atoms. The van der Waals surface area contributed by atoms with Crippen LogP contribution >= 0.6 is 39.4 Å². The molecule has 11 nitrogen and oxygen atoms in total. The lowest BCUT2D eigenvalue weighted by atomic mass is 10.3. The Labute approximate surface area is 175 Å². The number of benzene rings is 1. The summed E-state index contributed by atoms with van der Waals surface area (Å²) in [5.74, 6) is -0.304. The highest BCUT2D eigenvalue weighted by Crippen LogP contribution is 2.24. The van der Waals surface area contributed by atoms with Gasteiger partial charge in [0, 0.05) is 18.0 Å². The van der Waals surface area contributed by atoms with Gasteiger partial charge in [0.2, 0.25) is 0 Å². The minimum absolute atomic E-state index is 0.0390. The normalized spacial score (nSPS) is 12.0. The predicted molar refractivity (Wildman–Crippen MR) is 105 cm³/mol. The van der Waals surface area contributed by atoms with Crippen LogP contribution in [0.15, 0.2) is 32.9 Å². The van der Waals surface area contributed by atoms with Gasteiger partial charge in [-0.15, -0.1) is 11.8 Å². The molecule has 0 atom stereocenters. The van der Waals surface area contributed by atoms with Gasteiger partial charge in [-0.05, 0) is 34.1 Å². The number of thioether (sulfide) groups is 1. The molecule has 16 heteroatoms. The van der Waals surface area contributed by atoms with Crippen LogP contribution in [0.2, 0.25) is 0 Å². The van der Waals surface area contributed by atoms with Gasteiger partial charge >= 0.3 is 16.3 Å². The van der Waals surface area contributed by atoms with Gasteiger partial charge in [0.15, 0.2) is 11.5 Å². The Morgan fingerprint density at radius 2 is 2.14 bits per heavy atom. The Morgan fingerprint density at radius 3 is 2.79 bits per heavy atom. The lowest BCUT2D eigenvalue weighted by molar-refractivity contribution is 0.201. The maximum Gasteiger partial charge on any atom is 0.419 e. The minimum atomic E-state index is -4.16. The molecule has 0 aliphatic carbocycles. The van der Waals surface area contributed by atoms with Gasteiger partial charge in [-0.2, -0.15) is 21.9 Å². The monoisotopic (exact) mass is 514 g/mol. The SMILES string of the molecule is O=C(O)NS(=O)(=O)NCCSc1nsnc1/C(=N\O)Nc1ccc(F)c(Br)c1. The van der Waals surface area contributed by atoms with E-state index in [9.17, 15) is 22.8 Å². The molecule has 0 fully saturated rings. The summed E-state index contributed by atoms with van der Waals surface area (Å²) in [6.45, 7) is -0.0891. The largest absolute Gasteiger partial charge is 0.464 e. The van der Waals surface area contributed by atoms with Crippen molar-refractivity contribution in [1.82, 2.24) is 18.2 Å². The average molecular weight is 515 g/mol.